The van der Waals surface area contributed by atoms with E-state index in [1.807, 2.05) is 0 Å². The van der Waals surface area contributed by atoms with Gasteiger partial charge in [0.25, 0.3) is 0 Å². The van der Waals surface area contributed by atoms with Gasteiger partial charge in [0.15, 0.2) is 0 Å². The third-order valence-electron chi connectivity index (χ3n) is 3.42. The van der Waals surface area contributed by atoms with Crippen LogP contribution in [0.4, 0.5) is 0 Å². The van der Waals surface area contributed by atoms with Crippen LogP contribution in [0.2, 0.25) is 0 Å². The molecule has 0 radical (unpaired) electrons. The summed E-state index contributed by atoms with van der Waals surface area (Å²) < 4.78 is 0. The molecule has 0 aliphatic rings. The number of hydrogen-bond donors (Lipinski definition) is 1. The van der Waals surface area contributed by atoms with Crippen LogP contribution in [-0.4, -0.2) is 11.7 Å². The average Bonchev–Trinajstić information content (AvgIpc) is 2.39. The Kier molecular flexibility index (Phi) is 16.4. The van der Waals surface area contributed by atoms with E-state index in [1.54, 1.807) is 0 Å². The lowest BCUT2D eigenvalue weighted by molar-refractivity contribution is 0.282. The van der Waals surface area contributed by atoms with Crippen LogP contribution < -0.4 is 0 Å². The van der Waals surface area contributed by atoms with Gasteiger partial charge in [0, 0.05) is 6.61 Å². The van der Waals surface area contributed by atoms with Crippen LogP contribution in [0.15, 0.2) is 12.2 Å². The van der Waals surface area contributed by atoms with Crippen molar-refractivity contribution in [3.63, 3.8) is 0 Å². The summed E-state index contributed by atoms with van der Waals surface area (Å²) in [6.45, 7) is 2.63. The fraction of sp³-hybridized carbons (Fsp3) is 0.882. The molecule has 0 aromatic heterocycles. The van der Waals surface area contributed by atoms with Gasteiger partial charge < -0.3 is 5.11 Å². The zero-order chi connectivity index (χ0) is 13.3. The second kappa shape index (κ2) is 16.7. The standard InChI is InChI=1S/C17H34O/c1-2-3-4-5-6-7-8-9-10-11-12-13-14-15-16-17-18/h7-8,18H,2-6,9-17H2,1H3/b8-7+. The largest absolute Gasteiger partial charge is 0.396 e. The maximum absolute atomic E-state index is 8.65. The Morgan fingerprint density at radius 2 is 1.06 bits per heavy atom. The van der Waals surface area contributed by atoms with Crippen molar-refractivity contribution >= 4 is 0 Å². The van der Waals surface area contributed by atoms with E-state index in [0.717, 1.165) is 6.42 Å². The SMILES string of the molecule is CCCCCC/C=C/CCCCCCCCCO. The summed E-state index contributed by atoms with van der Waals surface area (Å²) in [7, 11) is 0. The predicted octanol–water partition coefficient (Wildman–Crippen LogP) is 5.63. The molecule has 0 unspecified atom stereocenters. The van der Waals surface area contributed by atoms with Gasteiger partial charge in [-0.1, -0.05) is 70.4 Å². The van der Waals surface area contributed by atoms with Gasteiger partial charge in [-0.2, -0.15) is 0 Å². The first kappa shape index (κ1) is 17.7. The van der Waals surface area contributed by atoms with Crippen LogP contribution >= 0.6 is 0 Å². The van der Waals surface area contributed by atoms with Crippen LogP contribution in [0.3, 0.4) is 0 Å². The third-order valence-corrected chi connectivity index (χ3v) is 3.42. The van der Waals surface area contributed by atoms with Gasteiger partial charge in [0.2, 0.25) is 0 Å². The van der Waals surface area contributed by atoms with Gasteiger partial charge in [-0.15, -0.1) is 0 Å². The van der Waals surface area contributed by atoms with Crippen molar-refractivity contribution in [2.45, 2.75) is 90.4 Å². The number of aliphatic hydroxyl groups excluding tert-OH is 1. The Balaban J connectivity index is 2.99. The summed E-state index contributed by atoms with van der Waals surface area (Å²) in [6, 6.07) is 0. The highest BCUT2D eigenvalue weighted by Crippen LogP contribution is 2.09. The maximum Gasteiger partial charge on any atom is 0.0431 e. The minimum absolute atomic E-state index is 0.364. The molecule has 1 N–H and O–H groups in total. The molecule has 0 aliphatic carbocycles. The van der Waals surface area contributed by atoms with Crippen molar-refractivity contribution in [3.05, 3.63) is 12.2 Å². The Labute approximate surface area is 115 Å². The Bertz CT molecular complexity index is 163. The smallest absolute Gasteiger partial charge is 0.0431 e. The molecule has 0 bridgehead atoms. The lowest BCUT2D eigenvalue weighted by Crippen LogP contribution is -1.83. The minimum Gasteiger partial charge on any atom is -0.396 e. The minimum atomic E-state index is 0.364. The zero-order valence-corrected chi connectivity index (χ0v) is 12.5. The Hall–Kier alpha value is -0.300. The molecule has 0 fully saturated rings. The van der Waals surface area contributed by atoms with E-state index in [9.17, 15) is 0 Å². The molecule has 0 aliphatic heterocycles. The highest BCUT2D eigenvalue weighted by atomic mass is 16.2. The third kappa shape index (κ3) is 15.7. The van der Waals surface area contributed by atoms with Crippen LogP contribution in [0, 0.1) is 0 Å². The second-order valence-corrected chi connectivity index (χ2v) is 5.31. The first-order chi connectivity index (χ1) is 8.91. The summed E-state index contributed by atoms with van der Waals surface area (Å²) in [4.78, 5) is 0. The summed E-state index contributed by atoms with van der Waals surface area (Å²) in [5.41, 5.74) is 0. The van der Waals surface area contributed by atoms with Crippen molar-refractivity contribution in [2.24, 2.45) is 0 Å². The first-order valence-electron chi connectivity index (χ1n) is 8.17. The quantitative estimate of drug-likeness (QED) is 0.315. The summed E-state index contributed by atoms with van der Waals surface area (Å²) in [5.74, 6) is 0. The first-order valence-corrected chi connectivity index (χ1v) is 8.17. The van der Waals surface area contributed by atoms with Crippen LogP contribution in [0.5, 0.6) is 0 Å². The predicted molar refractivity (Wildman–Crippen MR) is 81.9 cm³/mol. The Morgan fingerprint density at radius 3 is 1.56 bits per heavy atom. The monoisotopic (exact) mass is 254 g/mol. The van der Waals surface area contributed by atoms with Gasteiger partial charge in [-0.3, -0.25) is 0 Å². The van der Waals surface area contributed by atoms with E-state index in [0.29, 0.717) is 6.61 Å². The second-order valence-electron chi connectivity index (χ2n) is 5.31. The summed E-state index contributed by atoms with van der Waals surface area (Å²) >= 11 is 0. The highest BCUT2D eigenvalue weighted by molar-refractivity contribution is 4.81. The maximum atomic E-state index is 8.65. The van der Waals surface area contributed by atoms with Crippen molar-refractivity contribution < 1.29 is 5.11 Å². The Morgan fingerprint density at radius 1 is 0.611 bits per heavy atom. The molecule has 0 amide bonds. The van der Waals surface area contributed by atoms with Gasteiger partial charge in [-0.25, -0.2) is 0 Å². The fourth-order valence-corrected chi connectivity index (χ4v) is 2.18. The molecule has 0 spiro atoms. The molecule has 1 heteroatoms. The number of hydrogen-bond acceptors (Lipinski definition) is 1. The number of allylic oxidation sites excluding steroid dienone is 2. The molecule has 1 nitrogen and oxygen atoms in total. The lowest BCUT2D eigenvalue weighted by Gasteiger charge is -1.99. The molecule has 0 heterocycles. The normalized spacial score (nSPS) is 11.4. The lowest BCUT2D eigenvalue weighted by atomic mass is 10.1. The molecule has 0 aromatic carbocycles. The van der Waals surface area contributed by atoms with E-state index < -0.39 is 0 Å². The summed E-state index contributed by atoms with van der Waals surface area (Å²) in [5, 5.41) is 8.65. The number of rotatable bonds is 14. The van der Waals surface area contributed by atoms with E-state index in [1.165, 1.54) is 77.0 Å². The van der Waals surface area contributed by atoms with Crippen LogP contribution in [0.1, 0.15) is 90.4 Å². The molecule has 18 heavy (non-hydrogen) atoms. The van der Waals surface area contributed by atoms with E-state index in [-0.39, 0.29) is 0 Å². The highest BCUT2D eigenvalue weighted by Gasteiger charge is 1.90. The number of aliphatic hydroxyl groups is 1. The van der Waals surface area contributed by atoms with Crippen LogP contribution in [-0.2, 0) is 0 Å². The molecule has 0 rings (SSSR count). The van der Waals surface area contributed by atoms with Crippen molar-refractivity contribution in [1.29, 1.82) is 0 Å². The van der Waals surface area contributed by atoms with Crippen molar-refractivity contribution in [3.8, 4) is 0 Å². The van der Waals surface area contributed by atoms with Crippen molar-refractivity contribution in [1.82, 2.24) is 0 Å². The molecule has 0 saturated carbocycles. The molecule has 0 aromatic rings. The molecule has 0 saturated heterocycles. The summed E-state index contributed by atoms with van der Waals surface area (Å²) in [6.07, 6.45) is 21.7. The van der Waals surface area contributed by atoms with Gasteiger partial charge in [0.1, 0.15) is 0 Å². The molecule has 0 atom stereocenters. The average molecular weight is 254 g/mol. The van der Waals surface area contributed by atoms with Gasteiger partial charge in [-0.05, 0) is 32.1 Å². The number of unbranched alkanes of at least 4 members (excludes halogenated alkanes) is 11. The van der Waals surface area contributed by atoms with E-state index in [4.69, 9.17) is 5.11 Å². The van der Waals surface area contributed by atoms with E-state index in [2.05, 4.69) is 19.1 Å². The van der Waals surface area contributed by atoms with Gasteiger partial charge in [0.05, 0.1) is 0 Å². The van der Waals surface area contributed by atoms with Gasteiger partial charge >= 0.3 is 0 Å². The topological polar surface area (TPSA) is 20.2 Å². The van der Waals surface area contributed by atoms with Crippen molar-refractivity contribution in [2.75, 3.05) is 6.61 Å². The molecular formula is C17H34O. The van der Waals surface area contributed by atoms with Crippen LogP contribution in [0.25, 0.3) is 0 Å². The molecular weight excluding hydrogens is 220 g/mol. The van der Waals surface area contributed by atoms with E-state index >= 15 is 0 Å². The molecule has 108 valence electrons. The zero-order valence-electron chi connectivity index (χ0n) is 12.5. The fourth-order valence-electron chi connectivity index (χ4n) is 2.18.